The van der Waals surface area contributed by atoms with E-state index in [4.69, 9.17) is 9.47 Å². The monoisotopic (exact) mass is 354 g/mol. The van der Waals surface area contributed by atoms with Crippen LogP contribution in [0.25, 0.3) is 0 Å². The zero-order chi connectivity index (χ0) is 19.1. The normalized spacial score (nSPS) is 14.2. The third-order valence-electron chi connectivity index (χ3n) is 4.49. The Morgan fingerprint density at radius 2 is 1.96 bits per heavy atom. The number of benzene rings is 1. The predicted molar refractivity (Wildman–Crippen MR) is 92.8 cm³/mol. The predicted octanol–water partition coefficient (Wildman–Crippen LogP) is 2.98. The van der Waals surface area contributed by atoms with Crippen LogP contribution < -0.4 is 0 Å². The summed E-state index contributed by atoms with van der Waals surface area (Å²) in [5, 5.41) is 18.5. The summed E-state index contributed by atoms with van der Waals surface area (Å²) < 4.78 is 9.79. The minimum absolute atomic E-state index is 0.244. The van der Waals surface area contributed by atoms with Crippen molar-refractivity contribution < 1.29 is 19.1 Å². The molecule has 0 N–H and O–H groups in total. The Labute approximate surface area is 153 Å². The van der Waals surface area contributed by atoms with Gasteiger partial charge in [0.15, 0.2) is 5.92 Å². The molecule has 136 valence electrons. The number of carbonyl (C=O) groups excluding carboxylic acids is 2. The quantitative estimate of drug-likeness (QED) is 0.665. The molecule has 0 aromatic heterocycles. The summed E-state index contributed by atoms with van der Waals surface area (Å²) in [4.78, 5) is 23.8. The maximum atomic E-state index is 12.3. The molecule has 1 aliphatic carbocycles. The van der Waals surface area contributed by atoms with Gasteiger partial charge in [0.2, 0.25) is 0 Å². The van der Waals surface area contributed by atoms with E-state index in [0.29, 0.717) is 24.5 Å². The second-order valence-electron chi connectivity index (χ2n) is 6.28. The van der Waals surface area contributed by atoms with Gasteiger partial charge in [-0.3, -0.25) is 9.59 Å². The van der Waals surface area contributed by atoms with E-state index >= 15 is 0 Å². The molecular weight excluding hydrogens is 332 g/mol. The van der Waals surface area contributed by atoms with Gasteiger partial charge in [-0.25, -0.2) is 0 Å². The Kier molecular flexibility index (Phi) is 6.74. The second-order valence-corrected chi connectivity index (χ2v) is 6.28. The van der Waals surface area contributed by atoms with Crippen LogP contribution >= 0.6 is 0 Å². The highest BCUT2D eigenvalue weighted by molar-refractivity contribution is 5.80. The number of aryl methyl sites for hydroxylation is 1. The lowest BCUT2D eigenvalue weighted by Gasteiger charge is -2.20. The first kappa shape index (κ1) is 19.5. The van der Waals surface area contributed by atoms with Gasteiger partial charge in [-0.2, -0.15) is 10.5 Å². The molecule has 1 aromatic carbocycles. The zero-order valence-electron chi connectivity index (χ0n) is 15.0. The van der Waals surface area contributed by atoms with Crippen LogP contribution in [0.4, 0.5) is 0 Å². The van der Waals surface area contributed by atoms with E-state index in [2.05, 4.69) is 0 Å². The van der Waals surface area contributed by atoms with Crippen LogP contribution in [0.5, 0.6) is 0 Å². The van der Waals surface area contributed by atoms with E-state index < -0.39 is 17.8 Å². The molecule has 0 bridgehead atoms. The van der Waals surface area contributed by atoms with Gasteiger partial charge >= 0.3 is 11.9 Å². The van der Waals surface area contributed by atoms with E-state index in [-0.39, 0.29) is 12.4 Å². The number of nitriles is 2. The van der Waals surface area contributed by atoms with E-state index in [1.807, 2.05) is 24.3 Å². The molecule has 6 heteroatoms. The molecular formula is C20H22N2O4. The molecule has 0 radical (unpaired) electrons. The van der Waals surface area contributed by atoms with E-state index in [9.17, 15) is 20.1 Å². The maximum absolute atomic E-state index is 12.3. The summed E-state index contributed by atoms with van der Waals surface area (Å²) in [6.07, 6.45) is 2.84. The number of rotatable bonds is 8. The van der Waals surface area contributed by atoms with Gasteiger partial charge in [0.25, 0.3) is 0 Å². The zero-order valence-corrected chi connectivity index (χ0v) is 15.0. The summed E-state index contributed by atoms with van der Waals surface area (Å²) >= 11 is 0. The first-order valence-corrected chi connectivity index (χ1v) is 8.71. The molecule has 0 aliphatic heterocycles. The number of ether oxygens (including phenoxy) is 2. The van der Waals surface area contributed by atoms with Crippen LogP contribution in [-0.2, 0) is 25.5 Å². The minimum atomic E-state index is -1.11. The van der Waals surface area contributed by atoms with Crippen LogP contribution in [0.2, 0.25) is 0 Å². The van der Waals surface area contributed by atoms with E-state index in [1.54, 1.807) is 13.0 Å². The Morgan fingerprint density at radius 3 is 2.50 bits per heavy atom. The second kappa shape index (κ2) is 9.01. The molecule has 0 saturated heterocycles. The van der Waals surface area contributed by atoms with Crippen LogP contribution in [0.3, 0.4) is 0 Å². The molecule has 0 spiro atoms. The van der Waals surface area contributed by atoms with Gasteiger partial charge in [0.05, 0.1) is 25.9 Å². The molecule has 1 atom stereocenters. The van der Waals surface area contributed by atoms with Gasteiger partial charge in [-0.05, 0) is 48.8 Å². The van der Waals surface area contributed by atoms with Gasteiger partial charge < -0.3 is 9.47 Å². The Hall–Kier alpha value is -2.86. The third-order valence-corrected chi connectivity index (χ3v) is 4.49. The maximum Gasteiger partial charge on any atom is 0.315 e. The lowest BCUT2D eigenvalue weighted by Crippen LogP contribution is -2.22. The fourth-order valence-corrected chi connectivity index (χ4v) is 3.04. The molecule has 1 saturated carbocycles. The summed E-state index contributed by atoms with van der Waals surface area (Å²) in [6.45, 7) is 2.13. The van der Waals surface area contributed by atoms with Crippen LogP contribution in [0.1, 0.15) is 54.7 Å². The Morgan fingerprint density at radius 1 is 1.27 bits per heavy atom. The highest BCUT2D eigenvalue weighted by atomic mass is 16.5. The number of carbonyl (C=O) groups is 2. The number of methoxy groups -OCH3 is 1. The molecule has 1 unspecified atom stereocenters. The van der Waals surface area contributed by atoms with Gasteiger partial charge in [-0.15, -0.1) is 0 Å². The molecule has 2 rings (SSSR count). The average molecular weight is 354 g/mol. The van der Waals surface area contributed by atoms with Crippen LogP contribution in [-0.4, -0.2) is 25.7 Å². The van der Waals surface area contributed by atoms with Crippen molar-refractivity contribution in [2.24, 2.45) is 5.92 Å². The fraction of sp³-hybridized carbons (Fsp3) is 0.500. The molecule has 1 aliphatic rings. The summed E-state index contributed by atoms with van der Waals surface area (Å²) in [5.74, 6) is -2.54. The standard InChI is InChI=1S/C20H22N2O4/c1-3-26-18(23)9-5-13-4-8-16(17(10-13)14-6-7-14)19(20(24)25-2)15(11-21)12-22/h4,8,10,14-15,19H,3,5-7,9H2,1-2H3. The van der Waals surface area contributed by atoms with Gasteiger partial charge in [0, 0.05) is 6.42 Å². The largest absolute Gasteiger partial charge is 0.468 e. The summed E-state index contributed by atoms with van der Waals surface area (Å²) in [6, 6.07) is 9.40. The molecule has 1 fully saturated rings. The van der Waals surface area contributed by atoms with Gasteiger partial charge in [-0.1, -0.05) is 18.2 Å². The van der Waals surface area contributed by atoms with Crippen molar-refractivity contribution in [1.82, 2.24) is 0 Å². The molecule has 0 amide bonds. The lowest BCUT2D eigenvalue weighted by atomic mass is 9.83. The van der Waals surface area contributed by atoms with Crippen molar-refractivity contribution in [3.8, 4) is 12.1 Å². The Bertz CT molecular complexity index is 742. The fourth-order valence-electron chi connectivity index (χ4n) is 3.04. The Balaban J connectivity index is 2.33. The van der Waals surface area contributed by atoms with Crippen molar-refractivity contribution in [3.05, 3.63) is 34.9 Å². The molecule has 26 heavy (non-hydrogen) atoms. The molecule has 1 aromatic rings. The minimum Gasteiger partial charge on any atom is -0.468 e. The number of esters is 2. The molecule has 0 heterocycles. The van der Waals surface area contributed by atoms with Crippen LogP contribution in [0, 0.1) is 28.6 Å². The first-order valence-electron chi connectivity index (χ1n) is 8.71. The number of nitrogens with zero attached hydrogens (tertiary/aromatic N) is 2. The van der Waals surface area contributed by atoms with Crippen molar-refractivity contribution in [2.45, 2.75) is 44.4 Å². The smallest absolute Gasteiger partial charge is 0.315 e. The summed E-state index contributed by atoms with van der Waals surface area (Å²) in [7, 11) is 1.26. The highest BCUT2D eigenvalue weighted by Gasteiger charge is 2.36. The van der Waals surface area contributed by atoms with Crippen molar-refractivity contribution in [3.63, 3.8) is 0 Å². The van der Waals surface area contributed by atoms with E-state index in [1.165, 1.54) is 7.11 Å². The third kappa shape index (κ3) is 4.61. The van der Waals surface area contributed by atoms with Crippen molar-refractivity contribution in [2.75, 3.05) is 13.7 Å². The van der Waals surface area contributed by atoms with Gasteiger partial charge in [0.1, 0.15) is 5.92 Å². The summed E-state index contributed by atoms with van der Waals surface area (Å²) in [5.41, 5.74) is 2.61. The molecule has 6 nitrogen and oxygen atoms in total. The van der Waals surface area contributed by atoms with E-state index in [0.717, 1.165) is 24.0 Å². The first-order chi connectivity index (χ1) is 12.5. The van der Waals surface area contributed by atoms with Crippen LogP contribution in [0.15, 0.2) is 18.2 Å². The average Bonchev–Trinajstić information content (AvgIpc) is 3.49. The SMILES string of the molecule is CCOC(=O)CCc1ccc(C(C(=O)OC)C(C#N)C#N)c(C2CC2)c1. The van der Waals surface area contributed by atoms with Crippen molar-refractivity contribution in [1.29, 1.82) is 10.5 Å². The lowest BCUT2D eigenvalue weighted by molar-refractivity contribution is -0.143. The number of hydrogen-bond donors (Lipinski definition) is 0. The number of hydrogen-bond acceptors (Lipinski definition) is 6. The topological polar surface area (TPSA) is 100 Å². The van der Waals surface area contributed by atoms with Crippen molar-refractivity contribution >= 4 is 11.9 Å². The highest BCUT2D eigenvalue weighted by Crippen LogP contribution is 2.45.